The number of benzene rings is 1. The quantitative estimate of drug-likeness (QED) is 0.804. The van der Waals surface area contributed by atoms with Gasteiger partial charge in [-0.1, -0.05) is 0 Å². The van der Waals surface area contributed by atoms with Gasteiger partial charge in [0, 0.05) is 18.3 Å². The molecule has 0 saturated heterocycles. The van der Waals surface area contributed by atoms with Crippen molar-refractivity contribution >= 4 is 15.7 Å². The van der Waals surface area contributed by atoms with E-state index in [0.29, 0.717) is 12.6 Å². The number of primary sulfonamides is 1. The van der Waals surface area contributed by atoms with E-state index in [4.69, 9.17) is 10.9 Å². The molecule has 0 aliphatic rings. The summed E-state index contributed by atoms with van der Waals surface area (Å²) in [6.45, 7) is 5.66. The lowest BCUT2D eigenvalue weighted by Gasteiger charge is -2.29. The molecule has 0 radical (unpaired) electrons. The Kier molecular flexibility index (Phi) is 5.13. The van der Waals surface area contributed by atoms with Crippen LogP contribution in [0.1, 0.15) is 20.3 Å². The molecule has 102 valence electrons. The molecule has 0 saturated carbocycles. The first-order chi connectivity index (χ1) is 8.36. The molecule has 4 N–H and O–H groups in total. The van der Waals surface area contributed by atoms with Crippen LogP contribution < -0.4 is 15.8 Å². The van der Waals surface area contributed by atoms with E-state index in [2.05, 4.69) is 18.7 Å². The highest BCUT2D eigenvalue weighted by atomic mass is 32.2. The number of nitrogens with two attached hydrogens (primary N) is 2. The van der Waals surface area contributed by atoms with Crippen LogP contribution in [0.5, 0.6) is 0 Å². The lowest BCUT2D eigenvalue weighted by Crippen LogP contribution is -2.32. The van der Waals surface area contributed by atoms with E-state index in [0.717, 1.165) is 18.7 Å². The Morgan fingerprint density at radius 2 is 1.78 bits per heavy atom. The first-order valence-corrected chi connectivity index (χ1v) is 7.50. The van der Waals surface area contributed by atoms with Crippen molar-refractivity contribution in [2.24, 2.45) is 10.9 Å². The van der Waals surface area contributed by atoms with Crippen molar-refractivity contribution in [3.05, 3.63) is 24.3 Å². The summed E-state index contributed by atoms with van der Waals surface area (Å²) < 4.78 is 22.3. The zero-order chi connectivity index (χ0) is 13.8. The molecule has 0 bridgehead atoms. The fourth-order valence-corrected chi connectivity index (χ4v) is 2.29. The van der Waals surface area contributed by atoms with Crippen LogP contribution in [0.2, 0.25) is 0 Å². The predicted molar refractivity (Wildman–Crippen MR) is 74.0 cm³/mol. The Bertz CT molecular complexity index is 469. The van der Waals surface area contributed by atoms with E-state index < -0.39 is 10.0 Å². The number of hydrogen-bond acceptors (Lipinski definition) is 4. The summed E-state index contributed by atoms with van der Waals surface area (Å²) in [7, 11) is -3.62. The molecule has 0 aromatic heterocycles. The van der Waals surface area contributed by atoms with Gasteiger partial charge >= 0.3 is 0 Å². The average Bonchev–Trinajstić information content (AvgIpc) is 2.28. The Balaban J connectivity index is 2.94. The largest absolute Gasteiger partial charge is 0.369 e. The molecule has 1 aromatic carbocycles. The van der Waals surface area contributed by atoms with Crippen LogP contribution in [0.4, 0.5) is 5.69 Å². The van der Waals surface area contributed by atoms with E-state index in [1.807, 2.05) is 0 Å². The summed E-state index contributed by atoms with van der Waals surface area (Å²) in [5, 5.41) is 5.07. The SMILES string of the molecule is CC(C)N(CCCN)c1ccc(S(N)(=O)=O)cc1. The van der Waals surface area contributed by atoms with E-state index in [9.17, 15) is 8.42 Å². The van der Waals surface area contributed by atoms with E-state index in [1.165, 1.54) is 12.1 Å². The molecule has 0 atom stereocenters. The van der Waals surface area contributed by atoms with Gasteiger partial charge < -0.3 is 10.6 Å². The molecule has 0 aliphatic carbocycles. The summed E-state index contributed by atoms with van der Waals surface area (Å²) in [6, 6.07) is 6.94. The number of sulfonamides is 1. The van der Waals surface area contributed by atoms with Crippen LogP contribution in [0.25, 0.3) is 0 Å². The summed E-state index contributed by atoms with van der Waals surface area (Å²) in [5.74, 6) is 0. The smallest absolute Gasteiger partial charge is 0.238 e. The van der Waals surface area contributed by atoms with Gasteiger partial charge in [0.2, 0.25) is 10.0 Å². The molecule has 0 aliphatic heterocycles. The fourth-order valence-electron chi connectivity index (χ4n) is 1.77. The fraction of sp³-hybridized carbons (Fsp3) is 0.500. The summed E-state index contributed by atoms with van der Waals surface area (Å²) >= 11 is 0. The van der Waals surface area contributed by atoms with Gasteiger partial charge in [-0.15, -0.1) is 0 Å². The second-order valence-corrected chi connectivity index (χ2v) is 6.03. The van der Waals surface area contributed by atoms with Crippen LogP contribution in [0, 0.1) is 0 Å². The van der Waals surface area contributed by atoms with Gasteiger partial charge in [-0.05, 0) is 51.1 Å². The summed E-state index contributed by atoms with van der Waals surface area (Å²) in [4.78, 5) is 2.31. The molecular weight excluding hydrogens is 250 g/mol. The zero-order valence-corrected chi connectivity index (χ0v) is 11.7. The lowest BCUT2D eigenvalue weighted by molar-refractivity contribution is 0.597. The van der Waals surface area contributed by atoms with Crippen LogP contribution in [0.3, 0.4) is 0 Å². The lowest BCUT2D eigenvalue weighted by atomic mass is 10.2. The van der Waals surface area contributed by atoms with Gasteiger partial charge in [0.1, 0.15) is 0 Å². The van der Waals surface area contributed by atoms with Crippen molar-refractivity contribution in [2.75, 3.05) is 18.0 Å². The van der Waals surface area contributed by atoms with Gasteiger partial charge in [-0.25, -0.2) is 13.6 Å². The van der Waals surface area contributed by atoms with Gasteiger partial charge in [-0.3, -0.25) is 0 Å². The third kappa shape index (κ3) is 3.97. The highest BCUT2D eigenvalue weighted by Gasteiger charge is 2.12. The Morgan fingerprint density at radius 3 is 2.17 bits per heavy atom. The Morgan fingerprint density at radius 1 is 1.22 bits per heavy atom. The molecule has 0 heterocycles. The molecule has 0 fully saturated rings. The third-order valence-electron chi connectivity index (χ3n) is 2.72. The van der Waals surface area contributed by atoms with Crippen molar-refractivity contribution < 1.29 is 8.42 Å². The van der Waals surface area contributed by atoms with Crippen molar-refractivity contribution in [1.82, 2.24) is 0 Å². The molecule has 5 nitrogen and oxygen atoms in total. The van der Waals surface area contributed by atoms with Crippen LogP contribution >= 0.6 is 0 Å². The first-order valence-electron chi connectivity index (χ1n) is 5.96. The highest BCUT2D eigenvalue weighted by molar-refractivity contribution is 7.89. The molecular formula is C12H21N3O2S. The van der Waals surface area contributed by atoms with Gasteiger partial charge in [0.25, 0.3) is 0 Å². The van der Waals surface area contributed by atoms with Crippen molar-refractivity contribution in [3.63, 3.8) is 0 Å². The van der Waals surface area contributed by atoms with E-state index in [-0.39, 0.29) is 4.90 Å². The highest BCUT2D eigenvalue weighted by Crippen LogP contribution is 2.19. The maximum absolute atomic E-state index is 11.2. The number of hydrogen-bond donors (Lipinski definition) is 2. The molecule has 0 spiro atoms. The van der Waals surface area contributed by atoms with Crippen LogP contribution in [-0.4, -0.2) is 27.5 Å². The Hall–Kier alpha value is -1.11. The van der Waals surface area contributed by atoms with Gasteiger partial charge in [0.05, 0.1) is 4.90 Å². The monoisotopic (exact) mass is 271 g/mol. The van der Waals surface area contributed by atoms with Crippen molar-refractivity contribution in [3.8, 4) is 0 Å². The van der Waals surface area contributed by atoms with Crippen LogP contribution in [0.15, 0.2) is 29.2 Å². The van der Waals surface area contributed by atoms with E-state index >= 15 is 0 Å². The number of rotatable bonds is 6. The van der Waals surface area contributed by atoms with Crippen molar-refractivity contribution in [2.45, 2.75) is 31.2 Å². The van der Waals surface area contributed by atoms with Crippen LogP contribution in [-0.2, 0) is 10.0 Å². The van der Waals surface area contributed by atoms with Gasteiger partial charge in [-0.2, -0.15) is 0 Å². The topological polar surface area (TPSA) is 89.4 Å². The normalized spacial score (nSPS) is 11.8. The van der Waals surface area contributed by atoms with Crippen molar-refractivity contribution in [1.29, 1.82) is 0 Å². The number of nitrogens with zero attached hydrogens (tertiary/aromatic N) is 1. The standard InChI is InChI=1S/C12H21N3O2S/c1-10(2)15(9-3-8-13)11-4-6-12(7-5-11)18(14,16)17/h4-7,10H,3,8-9,13H2,1-2H3,(H2,14,16,17). The van der Waals surface area contributed by atoms with E-state index in [1.54, 1.807) is 12.1 Å². The molecule has 1 aromatic rings. The molecule has 18 heavy (non-hydrogen) atoms. The third-order valence-corrected chi connectivity index (χ3v) is 3.65. The zero-order valence-electron chi connectivity index (χ0n) is 10.8. The molecule has 0 unspecified atom stereocenters. The molecule has 1 rings (SSSR count). The second-order valence-electron chi connectivity index (χ2n) is 4.47. The maximum atomic E-state index is 11.2. The summed E-state index contributed by atoms with van der Waals surface area (Å²) in [5.41, 5.74) is 6.49. The molecule has 6 heteroatoms. The average molecular weight is 271 g/mol. The summed E-state index contributed by atoms with van der Waals surface area (Å²) in [6.07, 6.45) is 0.898. The minimum Gasteiger partial charge on any atom is -0.369 e. The Labute approximate surface area is 109 Å². The maximum Gasteiger partial charge on any atom is 0.238 e. The minimum absolute atomic E-state index is 0.133. The number of anilines is 1. The minimum atomic E-state index is -3.62. The predicted octanol–water partition coefficient (Wildman–Crippen LogP) is 0.898. The first kappa shape index (κ1) is 14.9. The van der Waals surface area contributed by atoms with Gasteiger partial charge in [0.15, 0.2) is 0 Å². The second kappa shape index (κ2) is 6.17. The molecule has 0 amide bonds.